The van der Waals surface area contributed by atoms with E-state index in [1.165, 1.54) is 0 Å². The molecule has 14 heavy (non-hydrogen) atoms. The molecule has 0 aliphatic carbocycles. The molecule has 1 N–H and O–H groups in total. The van der Waals surface area contributed by atoms with Crippen molar-refractivity contribution in [2.75, 3.05) is 0 Å². The fourth-order valence-corrected chi connectivity index (χ4v) is 1.17. The van der Waals surface area contributed by atoms with Crippen LogP contribution in [0, 0.1) is 0 Å². The van der Waals surface area contributed by atoms with Crippen molar-refractivity contribution >= 4 is 17.6 Å². The highest BCUT2D eigenvalue weighted by molar-refractivity contribution is 6.28. The van der Waals surface area contributed by atoms with Gasteiger partial charge < -0.3 is 9.84 Å². The molecule has 0 aliphatic rings. The van der Waals surface area contributed by atoms with Crippen molar-refractivity contribution in [2.24, 2.45) is 0 Å². The molecule has 0 spiro atoms. The number of aliphatic carboxylic acids is 1. The number of carboxylic acids is 1. The predicted octanol–water partition coefficient (Wildman–Crippen LogP) is 2.28. The summed E-state index contributed by atoms with van der Waals surface area (Å²) in [7, 11) is 0. The lowest BCUT2D eigenvalue weighted by molar-refractivity contribution is -0.141. The van der Waals surface area contributed by atoms with Gasteiger partial charge in [0, 0.05) is 0 Å². The number of benzene rings is 1. The van der Waals surface area contributed by atoms with Gasteiger partial charge >= 0.3 is 5.97 Å². The van der Waals surface area contributed by atoms with Crippen LogP contribution in [-0.4, -0.2) is 16.6 Å². The average Bonchev–Trinajstić information content (AvgIpc) is 2.18. The minimum Gasteiger partial charge on any atom is -0.478 e. The molecular formula is C10H11ClO3. The molecule has 4 heteroatoms. The maximum Gasteiger partial charge on any atom is 0.360 e. The van der Waals surface area contributed by atoms with Crippen molar-refractivity contribution in [2.45, 2.75) is 18.9 Å². The van der Waals surface area contributed by atoms with E-state index >= 15 is 0 Å². The van der Waals surface area contributed by atoms with Gasteiger partial charge in [-0.15, -0.1) is 0 Å². The third-order valence-electron chi connectivity index (χ3n) is 1.78. The summed E-state index contributed by atoms with van der Waals surface area (Å²) in [4.78, 5) is 10.4. The molecule has 0 saturated carbocycles. The molecule has 0 fully saturated rings. The van der Waals surface area contributed by atoms with Crippen molar-refractivity contribution < 1.29 is 14.6 Å². The zero-order valence-corrected chi connectivity index (χ0v) is 8.49. The second-order valence-corrected chi connectivity index (χ2v) is 3.13. The summed E-state index contributed by atoms with van der Waals surface area (Å²) in [5.74, 6) is -0.657. The Balaban J connectivity index is 2.80. The fraction of sp³-hybridized carbons (Fsp3) is 0.300. The number of hydrogen-bond acceptors (Lipinski definition) is 2. The number of halogens is 1. The normalized spacial score (nSPS) is 12.1. The molecule has 1 atom stereocenters. The highest BCUT2D eigenvalue weighted by Gasteiger charge is 2.16. The monoisotopic (exact) mass is 214 g/mol. The standard InChI is InChI=1S/C10H11ClO3/c1-2-7-5-3-4-6-8(7)14-9(11)10(12)13/h3-6,9H,2H2,1H3,(H,12,13). The minimum atomic E-state index is -1.33. The second kappa shape index (κ2) is 4.86. The van der Waals surface area contributed by atoms with Crippen LogP contribution in [0.1, 0.15) is 12.5 Å². The molecule has 3 nitrogen and oxygen atoms in total. The molecule has 0 saturated heterocycles. The molecular weight excluding hydrogens is 204 g/mol. The van der Waals surface area contributed by atoms with Gasteiger partial charge in [-0.2, -0.15) is 0 Å². The number of ether oxygens (including phenoxy) is 1. The number of aryl methyl sites for hydroxylation is 1. The van der Waals surface area contributed by atoms with E-state index in [1.807, 2.05) is 19.1 Å². The maximum atomic E-state index is 10.4. The van der Waals surface area contributed by atoms with Crippen LogP contribution >= 0.6 is 11.6 Å². The summed E-state index contributed by atoms with van der Waals surface area (Å²) < 4.78 is 5.06. The van der Waals surface area contributed by atoms with Crippen LogP contribution in [-0.2, 0) is 11.2 Å². The Labute approximate surface area is 87.3 Å². The van der Waals surface area contributed by atoms with Gasteiger partial charge in [-0.05, 0) is 18.1 Å². The summed E-state index contributed by atoms with van der Waals surface area (Å²) in [6.07, 6.45) is 0.777. The van der Waals surface area contributed by atoms with Crippen LogP contribution in [0.25, 0.3) is 0 Å². The molecule has 0 aromatic heterocycles. The van der Waals surface area contributed by atoms with Gasteiger partial charge in [0.2, 0.25) is 0 Å². The number of carbonyl (C=O) groups is 1. The van der Waals surface area contributed by atoms with E-state index in [0.29, 0.717) is 5.75 Å². The maximum absolute atomic E-state index is 10.4. The zero-order chi connectivity index (χ0) is 10.6. The molecule has 0 radical (unpaired) electrons. The minimum absolute atomic E-state index is 0.525. The van der Waals surface area contributed by atoms with Crippen molar-refractivity contribution in [3.8, 4) is 5.75 Å². The number of rotatable bonds is 4. The first kappa shape index (κ1) is 10.9. The van der Waals surface area contributed by atoms with E-state index in [-0.39, 0.29) is 0 Å². The summed E-state index contributed by atoms with van der Waals surface area (Å²) >= 11 is 5.46. The van der Waals surface area contributed by atoms with Crippen LogP contribution in [0.3, 0.4) is 0 Å². The Bertz CT molecular complexity index is 325. The van der Waals surface area contributed by atoms with Crippen LogP contribution in [0.15, 0.2) is 24.3 Å². The molecule has 1 unspecified atom stereocenters. The number of hydrogen-bond donors (Lipinski definition) is 1. The third-order valence-corrected chi connectivity index (χ3v) is 2.05. The van der Waals surface area contributed by atoms with Crippen LogP contribution in [0.4, 0.5) is 0 Å². The highest BCUT2D eigenvalue weighted by Crippen LogP contribution is 2.20. The highest BCUT2D eigenvalue weighted by atomic mass is 35.5. The first-order valence-corrected chi connectivity index (χ1v) is 4.70. The first-order chi connectivity index (χ1) is 6.65. The lowest BCUT2D eigenvalue weighted by Crippen LogP contribution is -2.20. The van der Waals surface area contributed by atoms with Gasteiger partial charge in [-0.1, -0.05) is 36.7 Å². The second-order valence-electron chi connectivity index (χ2n) is 2.73. The van der Waals surface area contributed by atoms with E-state index in [9.17, 15) is 4.79 Å². The molecule has 1 rings (SSSR count). The van der Waals surface area contributed by atoms with Crippen molar-refractivity contribution in [1.29, 1.82) is 0 Å². The predicted molar refractivity (Wildman–Crippen MR) is 53.7 cm³/mol. The summed E-state index contributed by atoms with van der Waals surface area (Å²) in [6.45, 7) is 1.96. The summed E-state index contributed by atoms with van der Waals surface area (Å²) in [5.41, 5.74) is -0.387. The average molecular weight is 215 g/mol. The van der Waals surface area contributed by atoms with Crippen LogP contribution < -0.4 is 4.74 Å². The largest absolute Gasteiger partial charge is 0.478 e. The number of para-hydroxylation sites is 1. The molecule has 0 aliphatic heterocycles. The topological polar surface area (TPSA) is 46.5 Å². The van der Waals surface area contributed by atoms with Crippen molar-refractivity contribution in [1.82, 2.24) is 0 Å². The Morgan fingerprint density at radius 2 is 2.21 bits per heavy atom. The van der Waals surface area contributed by atoms with Gasteiger partial charge in [-0.3, -0.25) is 0 Å². The molecule has 0 bridgehead atoms. The smallest absolute Gasteiger partial charge is 0.360 e. The zero-order valence-electron chi connectivity index (χ0n) is 7.74. The van der Waals surface area contributed by atoms with E-state index in [1.54, 1.807) is 12.1 Å². The Morgan fingerprint density at radius 3 is 2.79 bits per heavy atom. The lowest BCUT2D eigenvalue weighted by Gasteiger charge is -2.11. The van der Waals surface area contributed by atoms with Gasteiger partial charge in [-0.25, -0.2) is 4.79 Å². The van der Waals surface area contributed by atoms with Gasteiger partial charge in [0.05, 0.1) is 0 Å². The van der Waals surface area contributed by atoms with Gasteiger partial charge in [0.1, 0.15) is 5.75 Å². The Kier molecular flexibility index (Phi) is 3.77. The van der Waals surface area contributed by atoms with Crippen LogP contribution in [0.2, 0.25) is 0 Å². The van der Waals surface area contributed by atoms with Crippen LogP contribution in [0.5, 0.6) is 5.75 Å². The van der Waals surface area contributed by atoms with E-state index < -0.39 is 11.5 Å². The molecule has 1 aromatic rings. The van der Waals surface area contributed by atoms with Crippen molar-refractivity contribution in [3.05, 3.63) is 29.8 Å². The SMILES string of the molecule is CCc1ccccc1OC(Cl)C(=O)O. The van der Waals surface area contributed by atoms with E-state index in [4.69, 9.17) is 21.4 Å². The van der Waals surface area contributed by atoms with Gasteiger partial charge in [0.15, 0.2) is 0 Å². The van der Waals surface area contributed by atoms with E-state index in [2.05, 4.69) is 0 Å². The number of carboxylic acid groups (broad SMARTS) is 1. The third kappa shape index (κ3) is 2.64. The quantitative estimate of drug-likeness (QED) is 0.783. The Morgan fingerprint density at radius 1 is 1.57 bits per heavy atom. The Hall–Kier alpha value is -1.22. The number of alkyl halides is 1. The molecule has 1 aromatic carbocycles. The van der Waals surface area contributed by atoms with Gasteiger partial charge in [0.25, 0.3) is 5.56 Å². The lowest BCUT2D eigenvalue weighted by atomic mass is 10.1. The first-order valence-electron chi connectivity index (χ1n) is 4.26. The molecule has 0 amide bonds. The van der Waals surface area contributed by atoms with E-state index in [0.717, 1.165) is 12.0 Å². The fourth-order valence-electron chi connectivity index (χ4n) is 1.07. The summed E-state index contributed by atoms with van der Waals surface area (Å²) in [6, 6.07) is 7.23. The van der Waals surface area contributed by atoms with Crippen molar-refractivity contribution in [3.63, 3.8) is 0 Å². The molecule has 0 heterocycles. The summed E-state index contributed by atoms with van der Waals surface area (Å²) in [5, 5.41) is 8.55. The molecule has 76 valence electrons.